The summed E-state index contributed by atoms with van der Waals surface area (Å²) in [6.45, 7) is 3.07. The Hall–Kier alpha value is -2.38. The van der Waals surface area contributed by atoms with Gasteiger partial charge in [-0.3, -0.25) is 0 Å². The molecule has 0 heterocycles. The number of hydrogen-bond donors (Lipinski definition) is 1. The third-order valence-electron chi connectivity index (χ3n) is 2.26. The van der Waals surface area contributed by atoms with Crippen molar-refractivity contribution in [2.45, 2.75) is 20.0 Å². The van der Waals surface area contributed by atoms with Crippen molar-refractivity contribution in [1.29, 1.82) is 0 Å². The van der Waals surface area contributed by atoms with Crippen LogP contribution in [0.5, 0.6) is 0 Å². The standard InChI is InChI=1S/C13H13F3N2O3/c1-3-21-12(20)10(11(19)13(14,15)16)18-17-9-6-4-8(2)5-7-9/h4-7,19H,3H2,1-2H3. The number of azo groups is 1. The number of rotatable bonds is 4. The fourth-order valence-corrected chi connectivity index (χ4v) is 1.24. The van der Waals surface area contributed by atoms with Crippen LogP contribution in [0.4, 0.5) is 18.9 Å². The van der Waals surface area contributed by atoms with Crippen molar-refractivity contribution in [2.24, 2.45) is 10.2 Å². The lowest BCUT2D eigenvalue weighted by atomic mass is 10.2. The van der Waals surface area contributed by atoms with Crippen molar-refractivity contribution in [3.05, 3.63) is 41.3 Å². The van der Waals surface area contributed by atoms with Gasteiger partial charge in [-0.05, 0) is 26.0 Å². The van der Waals surface area contributed by atoms with Gasteiger partial charge in [-0.15, -0.1) is 5.11 Å². The zero-order valence-corrected chi connectivity index (χ0v) is 11.3. The van der Waals surface area contributed by atoms with Crippen LogP contribution in [-0.4, -0.2) is 23.9 Å². The number of esters is 1. The highest BCUT2D eigenvalue weighted by atomic mass is 19.4. The molecule has 1 N–H and O–H groups in total. The first kappa shape index (κ1) is 16.7. The zero-order chi connectivity index (χ0) is 16.0. The van der Waals surface area contributed by atoms with Crippen LogP contribution < -0.4 is 0 Å². The Morgan fingerprint density at radius 2 is 1.86 bits per heavy atom. The highest BCUT2D eigenvalue weighted by molar-refractivity contribution is 5.88. The second-order valence-electron chi connectivity index (χ2n) is 3.95. The number of carbonyl (C=O) groups excluding carboxylic acids is 1. The molecule has 5 nitrogen and oxygen atoms in total. The maximum Gasteiger partial charge on any atom is 0.451 e. The normalized spacial score (nSPS) is 13.2. The molecule has 0 unspecified atom stereocenters. The summed E-state index contributed by atoms with van der Waals surface area (Å²) in [5, 5.41) is 15.7. The topological polar surface area (TPSA) is 71.2 Å². The summed E-state index contributed by atoms with van der Waals surface area (Å²) in [6, 6.07) is 6.36. The average molecular weight is 302 g/mol. The fraction of sp³-hybridized carbons (Fsp3) is 0.308. The lowest BCUT2D eigenvalue weighted by molar-refractivity contribution is -0.143. The number of carbonyl (C=O) groups is 1. The number of alkyl halides is 3. The predicted molar refractivity (Wildman–Crippen MR) is 68.0 cm³/mol. The van der Waals surface area contributed by atoms with Crippen molar-refractivity contribution < 1.29 is 27.8 Å². The summed E-state index contributed by atoms with van der Waals surface area (Å²) in [7, 11) is 0. The van der Waals surface area contributed by atoms with Crippen LogP contribution in [0.3, 0.4) is 0 Å². The van der Waals surface area contributed by atoms with Gasteiger partial charge in [-0.2, -0.15) is 18.3 Å². The van der Waals surface area contributed by atoms with Gasteiger partial charge in [0.25, 0.3) is 0 Å². The van der Waals surface area contributed by atoms with E-state index < -0.39 is 23.6 Å². The molecule has 0 radical (unpaired) electrons. The third-order valence-corrected chi connectivity index (χ3v) is 2.26. The van der Waals surface area contributed by atoms with Crippen LogP contribution in [0.15, 0.2) is 46.0 Å². The maximum atomic E-state index is 12.5. The van der Waals surface area contributed by atoms with E-state index in [4.69, 9.17) is 5.11 Å². The Kier molecular flexibility index (Phi) is 5.45. The van der Waals surface area contributed by atoms with E-state index in [0.717, 1.165) is 5.56 Å². The monoisotopic (exact) mass is 302 g/mol. The molecule has 1 aromatic carbocycles. The molecule has 0 aliphatic rings. The lowest BCUT2D eigenvalue weighted by Crippen LogP contribution is -2.18. The van der Waals surface area contributed by atoms with Gasteiger partial charge in [-0.1, -0.05) is 17.7 Å². The van der Waals surface area contributed by atoms with Crippen LogP contribution in [0, 0.1) is 6.92 Å². The SMILES string of the molecule is CCOC(=O)C(N=Nc1ccc(C)cc1)=C(O)C(F)(F)F. The Balaban J connectivity index is 3.14. The van der Waals surface area contributed by atoms with Crippen LogP contribution >= 0.6 is 0 Å². The molecular formula is C13H13F3N2O3. The summed E-state index contributed by atoms with van der Waals surface area (Å²) >= 11 is 0. The predicted octanol–water partition coefficient (Wildman–Crippen LogP) is 3.97. The van der Waals surface area contributed by atoms with E-state index in [1.165, 1.54) is 19.1 Å². The van der Waals surface area contributed by atoms with Gasteiger partial charge in [0.2, 0.25) is 11.5 Å². The molecule has 0 aliphatic carbocycles. The van der Waals surface area contributed by atoms with Crippen LogP contribution in [-0.2, 0) is 9.53 Å². The molecule has 0 amide bonds. The lowest BCUT2D eigenvalue weighted by Gasteiger charge is -2.08. The van der Waals surface area contributed by atoms with E-state index in [1.807, 2.05) is 6.92 Å². The summed E-state index contributed by atoms with van der Waals surface area (Å²) in [5.41, 5.74) is -0.129. The third kappa shape index (κ3) is 4.90. The highest BCUT2D eigenvalue weighted by Gasteiger charge is 2.39. The second kappa shape index (κ2) is 6.87. The van der Waals surface area contributed by atoms with Gasteiger partial charge >= 0.3 is 12.1 Å². The highest BCUT2D eigenvalue weighted by Crippen LogP contribution is 2.28. The van der Waals surface area contributed by atoms with Gasteiger partial charge in [0.05, 0.1) is 12.3 Å². The molecule has 0 bridgehead atoms. The Labute approximate surface area is 118 Å². The maximum absolute atomic E-state index is 12.5. The van der Waals surface area contributed by atoms with E-state index in [-0.39, 0.29) is 12.3 Å². The van der Waals surface area contributed by atoms with E-state index >= 15 is 0 Å². The number of halogens is 3. The number of nitrogens with zero attached hydrogens (tertiary/aromatic N) is 2. The number of aryl methyl sites for hydroxylation is 1. The van der Waals surface area contributed by atoms with Crippen LogP contribution in [0.2, 0.25) is 0 Å². The first-order chi connectivity index (χ1) is 9.75. The van der Waals surface area contributed by atoms with Crippen molar-refractivity contribution in [2.75, 3.05) is 6.61 Å². The molecule has 21 heavy (non-hydrogen) atoms. The van der Waals surface area contributed by atoms with E-state index in [1.54, 1.807) is 12.1 Å². The van der Waals surface area contributed by atoms with Gasteiger partial charge in [-0.25, -0.2) is 4.79 Å². The van der Waals surface area contributed by atoms with Crippen molar-refractivity contribution >= 4 is 11.7 Å². The van der Waals surface area contributed by atoms with Crippen molar-refractivity contribution in [3.63, 3.8) is 0 Å². The second-order valence-corrected chi connectivity index (χ2v) is 3.95. The average Bonchev–Trinajstić information content (AvgIpc) is 2.40. The molecule has 0 fully saturated rings. The fourth-order valence-electron chi connectivity index (χ4n) is 1.24. The molecule has 0 aromatic heterocycles. The number of benzene rings is 1. The minimum Gasteiger partial charge on any atom is -0.502 e. The number of aliphatic hydroxyl groups is 1. The molecule has 0 atom stereocenters. The number of hydrogen-bond acceptors (Lipinski definition) is 5. The molecule has 8 heteroatoms. The van der Waals surface area contributed by atoms with Gasteiger partial charge in [0, 0.05) is 0 Å². The largest absolute Gasteiger partial charge is 0.502 e. The molecule has 114 valence electrons. The number of aliphatic hydroxyl groups excluding tert-OH is 1. The first-order valence-electron chi connectivity index (χ1n) is 5.91. The van der Waals surface area contributed by atoms with Gasteiger partial charge in [0.1, 0.15) is 0 Å². The van der Waals surface area contributed by atoms with E-state index in [2.05, 4.69) is 15.0 Å². The molecule has 0 aliphatic heterocycles. The smallest absolute Gasteiger partial charge is 0.451 e. The summed E-state index contributed by atoms with van der Waals surface area (Å²) in [6.07, 6.45) is -5.12. The van der Waals surface area contributed by atoms with Crippen molar-refractivity contribution in [3.8, 4) is 0 Å². The van der Waals surface area contributed by atoms with Crippen LogP contribution in [0.1, 0.15) is 12.5 Å². The summed E-state index contributed by atoms with van der Waals surface area (Å²) < 4.78 is 41.8. The minimum atomic E-state index is -5.12. The van der Waals surface area contributed by atoms with E-state index in [9.17, 15) is 18.0 Å². The summed E-state index contributed by atoms with van der Waals surface area (Å²) in [5.74, 6) is -3.54. The molecular weight excluding hydrogens is 289 g/mol. The molecule has 0 saturated heterocycles. The Morgan fingerprint density at radius 3 is 2.33 bits per heavy atom. The first-order valence-corrected chi connectivity index (χ1v) is 5.91. The number of allylic oxidation sites excluding steroid dienone is 1. The van der Waals surface area contributed by atoms with Gasteiger partial charge in [0.15, 0.2) is 0 Å². The van der Waals surface area contributed by atoms with Gasteiger partial charge < -0.3 is 9.84 Å². The zero-order valence-electron chi connectivity index (χ0n) is 11.3. The minimum absolute atomic E-state index is 0.159. The Morgan fingerprint density at radius 1 is 1.29 bits per heavy atom. The molecule has 0 saturated carbocycles. The Bertz CT molecular complexity index is 563. The van der Waals surface area contributed by atoms with E-state index in [0.29, 0.717) is 0 Å². The molecule has 1 rings (SSSR count). The number of ether oxygens (including phenoxy) is 1. The van der Waals surface area contributed by atoms with Crippen LogP contribution in [0.25, 0.3) is 0 Å². The summed E-state index contributed by atoms with van der Waals surface area (Å²) in [4.78, 5) is 11.4. The molecule has 0 spiro atoms. The van der Waals surface area contributed by atoms with Crippen molar-refractivity contribution in [1.82, 2.24) is 0 Å². The molecule has 1 aromatic rings. The quantitative estimate of drug-likeness (QED) is 0.396.